The zero-order valence-electron chi connectivity index (χ0n) is 16.6. The smallest absolute Gasteiger partial charge is 0.341 e. The lowest BCUT2D eigenvalue weighted by Crippen LogP contribution is -2.34. The second kappa shape index (κ2) is 8.87. The number of aromatic nitrogens is 1. The molecule has 0 aliphatic carbocycles. The molecule has 0 aliphatic rings. The number of halogens is 3. The Labute approximate surface area is 181 Å². The monoisotopic (exact) mass is 465 g/mol. The Balaban J connectivity index is 1.93. The van der Waals surface area contributed by atoms with E-state index in [0.717, 1.165) is 12.3 Å². The van der Waals surface area contributed by atoms with Crippen molar-refractivity contribution in [1.82, 2.24) is 10.3 Å². The number of aromatic amines is 1. The minimum absolute atomic E-state index is 0.313. The zero-order valence-corrected chi connectivity index (χ0v) is 17.4. The molecule has 1 unspecified atom stereocenters. The highest BCUT2D eigenvalue weighted by atomic mass is 32.2. The molecule has 7 nitrogen and oxygen atoms in total. The summed E-state index contributed by atoms with van der Waals surface area (Å²) >= 11 is 0. The van der Waals surface area contributed by atoms with Crippen LogP contribution in [0, 0.1) is 0 Å². The summed E-state index contributed by atoms with van der Waals surface area (Å²) in [6.45, 7) is 0. The van der Waals surface area contributed by atoms with Crippen LogP contribution in [0.15, 0.2) is 71.5 Å². The van der Waals surface area contributed by atoms with Crippen molar-refractivity contribution in [2.24, 2.45) is 0 Å². The van der Waals surface area contributed by atoms with E-state index in [2.05, 4.69) is 10.0 Å². The Morgan fingerprint density at radius 3 is 2.06 bits per heavy atom. The van der Waals surface area contributed by atoms with E-state index < -0.39 is 45.0 Å². The van der Waals surface area contributed by atoms with Gasteiger partial charge in [-0.05, 0) is 35.4 Å². The molecule has 1 heterocycles. The standard InChI is InChI=1S/C21H18F3N3O4S/c1-32(30,31)27-15-9-7-14(8-10-15)18(13-5-3-2-4-6-13)26-20(29)16-11-12-17(21(22,23)24)25-19(16)28/h2-12,18,27H,1H3,(H,25,28)(H,26,29). The minimum atomic E-state index is -4.75. The third-order valence-electron chi connectivity index (χ3n) is 4.42. The molecule has 0 bridgehead atoms. The maximum absolute atomic E-state index is 12.8. The zero-order chi connectivity index (χ0) is 23.5. The summed E-state index contributed by atoms with van der Waals surface area (Å²) in [5, 5.41) is 2.65. The lowest BCUT2D eigenvalue weighted by molar-refractivity contribution is -0.141. The van der Waals surface area contributed by atoms with Gasteiger partial charge in [0.2, 0.25) is 10.0 Å². The van der Waals surface area contributed by atoms with Gasteiger partial charge in [-0.2, -0.15) is 13.2 Å². The number of carbonyl (C=O) groups is 1. The Bertz CT molecular complexity index is 1270. The van der Waals surface area contributed by atoms with Crippen molar-refractivity contribution in [3.63, 3.8) is 0 Å². The van der Waals surface area contributed by atoms with Crippen molar-refractivity contribution in [2.75, 3.05) is 11.0 Å². The molecule has 1 atom stereocenters. The Kier molecular flexibility index (Phi) is 6.40. The highest BCUT2D eigenvalue weighted by Gasteiger charge is 2.32. The molecule has 0 saturated heterocycles. The van der Waals surface area contributed by atoms with Crippen LogP contribution in [0.5, 0.6) is 0 Å². The molecule has 1 amide bonds. The van der Waals surface area contributed by atoms with Crippen LogP contribution in [0.2, 0.25) is 0 Å². The summed E-state index contributed by atoms with van der Waals surface area (Å²) in [6.07, 6.45) is -3.74. The number of pyridine rings is 1. The number of benzene rings is 2. The SMILES string of the molecule is CS(=O)(=O)Nc1ccc(C(NC(=O)c2ccc(C(F)(F)F)[nH]c2=O)c2ccccc2)cc1. The Morgan fingerprint density at radius 2 is 1.53 bits per heavy atom. The van der Waals surface area contributed by atoms with Gasteiger partial charge in [0, 0.05) is 5.69 Å². The molecule has 32 heavy (non-hydrogen) atoms. The van der Waals surface area contributed by atoms with E-state index in [1.807, 2.05) is 0 Å². The highest BCUT2D eigenvalue weighted by Crippen LogP contribution is 2.27. The van der Waals surface area contributed by atoms with Crippen LogP contribution in [0.25, 0.3) is 0 Å². The number of carbonyl (C=O) groups excluding carboxylic acids is 1. The molecule has 1 aromatic heterocycles. The molecule has 3 aromatic rings. The predicted octanol–water partition coefficient (Wildman–Crippen LogP) is 3.28. The number of amides is 1. The molecule has 3 N–H and O–H groups in total. The number of alkyl halides is 3. The second-order valence-corrected chi connectivity index (χ2v) is 8.67. The first-order chi connectivity index (χ1) is 14.9. The molecular weight excluding hydrogens is 447 g/mol. The molecule has 2 aromatic carbocycles. The van der Waals surface area contributed by atoms with Crippen molar-refractivity contribution in [2.45, 2.75) is 12.2 Å². The number of sulfonamides is 1. The van der Waals surface area contributed by atoms with Crippen molar-refractivity contribution < 1.29 is 26.4 Å². The summed E-state index contributed by atoms with van der Waals surface area (Å²) in [5.41, 5.74) is -1.38. The summed E-state index contributed by atoms with van der Waals surface area (Å²) in [4.78, 5) is 26.5. The average Bonchev–Trinajstić information content (AvgIpc) is 2.71. The first-order valence-corrected chi connectivity index (χ1v) is 11.1. The van der Waals surface area contributed by atoms with Gasteiger partial charge in [-0.25, -0.2) is 8.42 Å². The van der Waals surface area contributed by atoms with Gasteiger partial charge in [0.25, 0.3) is 11.5 Å². The molecule has 3 rings (SSSR count). The molecule has 0 fully saturated rings. The number of anilines is 1. The molecule has 0 spiro atoms. The van der Waals surface area contributed by atoms with E-state index in [-0.39, 0.29) is 0 Å². The Morgan fingerprint density at radius 1 is 0.938 bits per heavy atom. The maximum Gasteiger partial charge on any atom is 0.431 e. The number of H-pyrrole nitrogens is 1. The largest absolute Gasteiger partial charge is 0.431 e. The molecule has 0 radical (unpaired) electrons. The minimum Gasteiger partial charge on any atom is -0.341 e. The van der Waals surface area contributed by atoms with Crippen LogP contribution in [-0.4, -0.2) is 25.6 Å². The topological polar surface area (TPSA) is 108 Å². The fraction of sp³-hybridized carbons (Fsp3) is 0.143. The van der Waals surface area contributed by atoms with Gasteiger partial charge in [0.1, 0.15) is 11.3 Å². The molecule has 168 valence electrons. The van der Waals surface area contributed by atoms with Gasteiger partial charge in [-0.1, -0.05) is 42.5 Å². The first-order valence-electron chi connectivity index (χ1n) is 9.18. The van der Waals surface area contributed by atoms with Gasteiger partial charge in [-0.3, -0.25) is 14.3 Å². The number of nitrogens with one attached hydrogen (secondary N) is 3. The third-order valence-corrected chi connectivity index (χ3v) is 5.02. The number of rotatable bonds is 6. The van der Waals surface area contributed by atoms with Crippen molar-refractivity contribution in [3.05, 3.63) is 99.5 Å². The highest BCUT2D eigenvalue weighted by molar-refractivity contribution is 7.92. The van der Waals surface area contributed by atoms with Crippen LogP contribution in [0.4, 0.5) is 18.9 Å². The van der Waals surface area contributed by atoms with Crippen LogP contribution < -0.4 is 15.6 Å². The summed E-state index contributed by atoms with van der Waals surface area (Å²) in [7, 11) is -3.47. The lowest BCUT2D eigenvalue weighted by Gasteiger charge is -2.20. The van der Waals surface area contributed by atoms with E-state index in [1.165, 1.54) is 12.1 Å². The predicted molar refractivity (Wildman–Crippen MR) is 113 cm³/mol. The maximum atomic E-state index is 12.8. The fourth-order valence-corrected chi connectivity index (χ4v) is 3.55. The van der Waals surface area contributed by atoms with E-state index in [0.29, 0.717) is 22.9 Å². The van der Waals surface area contributed by atoms with E-state index in [9.17, 15) is 31.2 Å². The van der Waals surface area contributed by atoms with Gasteiger partial charge in [-0.15, -0.1) is 0 Å². The van der Waals surface area contributed by atoms with E-state index >= 15 is 0 Å². The fourth-order valence-electron chi connectivity index (χ4n) is 2.99. The van der Waals surface area contributed by atoms with Crippen molar-refractivity contribution in [3.8, 4) is 0 Å². The molecule has 11 heteroatoms. The van der Waals surface area contributed by atoms with Gasteiger partial charge >= 0.3 is 6.18 Å². The van der Waals surface area contributed by atoms with Gasteiger partial charge in [0.05, 0.1) is 12.3 Å². The quantitative estimate of drug-likeness (QED) is 0.519. The summed E-state index contributed by atoms with van der Waals surface area (Å²) < 4.78 is 63.4. The average molecular weight is 465 g/mol. The molecule has 0 aliphatic heterocycles. The first kappa shape index (κ1) is 23.1. The van der Waals surface area contributed by atoms with Crippen molar-refractivity contribution in [1.29, 1.82) is 0 Å². The molecule has 0 saturated carbocycles. The lowest BCUT2D eigenvalue weighted by atomic mass is 9.98. The summed E-state index contributed by atoms with van der Waals surface area (Å²) in [5.74, 6) is -0.868. The van der Waals surface area contributed by atoms with Crippen LogP contribution in [0.3, 0.4) is 0 Å². The van der Waals surface area contributed by atoms with Crippen molar-refractivity contribution >= 4 is 21.6 Å². The van der Waals surface area contributed by atoms with Gasteiger partial charge < -0.3 is 10.3 Å². The molecular formula is C21H18F3N3O4S. The normalized spacial score (nSPS) is 12.8. The second-order valence-electron chi connectivity index (χ2n) is 6.93. The van der Waals surface area contributed by atoms with E-state index in [4.69, 9.17) is 0 Å². The van der Waals surface area contributed by atoms with E-state index in [1.54, 1.807) is 47.4 Å². The van der Waals surface area contributed by atoms with Crippen LogP contribution >= 0.6 is 0 Å². The third kappa shape index (κ3) is 5.76. The Hall–Kier alpha value is -3.60. The number of hydrogen-bond acceptors (Lipinski definition) is 4. The number of hydrogen-bond donors (Lipinski definition) is 3. The summed E-state index contributed by atoms with van der Waals surface area (Å²) in [6, 6.07) is 15.6. The van der Waals surface area contributed by atoms with Gasteiger partial charge in [0.15, 0.2) is 0 Å². The van der Waals surface area contributed by atoms with Crippen LogP contribution in [-0.2, 0) is 16.2 Å². The van der Waals surface area contributed by atoms with Crippen LogP contribution in [0.1, 0.15) is 33.2 Å².